The van der Waals surface area contributed by atoms with Crippen molar-refractivity contribution in [2.24, 2.45) is 0 Å². The van der Waals surface area contributed by atoms with Gasteiger partial charge in [0.05, 0.1) is 12.2 Å². The van der Waals surface area contributed by atoms with E-state index in [1.54, 1.807) is 0 Å². The van der Waals surface area contributed by atoms with Gasteiger partial charge >= 0.3 is 0 Å². The molecule has 2 fully saturated rings. The second kappa shape index (κ2) is 20.5. The SMILES string of the molecule is C(CCCCCOCCCCCCCCCCCC1CCO1)CCCCCC1CCO1. The second-order valence-corrected chi connectivity index (χ2v) is 10.1. The van der Waals surface area contributed by atoms with Crippen molar-refractivity contribution in [2.75, 3.05) is 26.4 Å². The molecule has 2 heterocycles. The molecule has 0 N–H and O–H groups in total. The fraction of sp³-hybridized carbons (Fsp3) is 1.00. The van der Waals surface area contributed by atoms with Gasteiger partial charge in [0.1, 0.15) is 0 Å². The number of hydrogen-bond donors (Lipinski definition) is 0. The zero-order chi connectivity index (χ0) is 21.7. The van der Waals surface area contributed by atoms with Crippen molar-refractivity contribution < 1.29 is 14.2 Å². The molecule has 2 atom stereocenters. The number of rotatable bonds is 24. The molecule has 3 heteroatoms. The highest BCUT2D eigenvalue weighted by atomic mass is 16.5. The molecule has 31 heavy (non-hydrogen) atoms. The maximum Gasteiger partial charge on any atom is 0.0597 e. The highest BCUT2D eigenvalue weighted by Crippen LogP contribution is 2.20. The van der Waals surface area contributed by atoms with Crippen LogP contribution >= 0.6 is 0 Å². The molecule has 0 aromatic heterocycles. The lowest BCUT2D eigenvalue weighted by Crippen LogP contribution is -2.26. The lowest BCUT2D eigenvalue weighted by molar-refractivity contribution is -0.0557. The van der Waals surface area contributed by atoms with Crippen LogP contribution in [0.3, 0.4) is 0 Å². The monoisotopic (exact) mass is 438 g/mol. The molecule has 2 unspecified atom stereocenters. The second-order valence-electron chi connectivity index (χ2n) is 10.1. The Labute approximate surface area is 194 Å². The van der Waals surface area contributed by atoms with Crippen molar-refractivity contribution in [3.05, 3.63) is 0 Å². The first kappa shape index (κ1) is 27.1. The fourth-order valence-electron chi connectivity index (χ4n) is 4.75. The molecule has 2 aliphatic rings. The van der Waals surface area contributed by atoms with E-state index in [4.69, 9.17) is 14.2 Å². The molecular formula is C28H54O3. The molecule has 0 saturated carbocycles. The van der Waals surface area contributed by atoms with Gasteiger partial charge < -0.3 is 14.2 Å². The van der Waals surface area contributed by atoms with E-state index >= 15 is 0 Å². The molecule has 0 aliphatic carbocycles. The van der Waals surface area contributed by atoms with Gasteiger partial charge in [-0.2, -0.15) is 0 Å². The Kier molecular flexibility index (Phi) is 17.9. The maximum absolute atomic E-state index is 5.82. The Morgan fingerprint density at radius 3 is 1.00 bits per heavy atom. The topological polar surface area (TPSA) is 27.7 Å². The van der Waals surface area contributed by atoms with E-state index in [0.717, 1.165) is 26.4 Å². The minimum atomic E-state index is 0.615. The van der Waals surface area contributed by atoms with E-state index in [-0.39, 0.29) is 0 Å². The molecule has 0 spiro atoms. The van der Waals surface area contributed by atoms with Crippen LogP contribution in [0.4, 0.5) is 0 Å². The van der Waals surface area contributed by atoms with Crippen molar-refractivity contribution in [3.63, 3.8) is 0 Å². The van der Waals surface area contributed by atoms with Crippen molar-refractivity contribution in [1.82, 2.24) is 0 Å². The standard InChI is InChI=1S/C28H54O3/c1(3-7-11-15-19-27-21-25-30-27)5-9-13-17-23-29-24-18-14-10-6-2-4-8-12-16-20-28-22-26-31-28/h27-28H,1-26H2. The van der Waals surface area contributed by atoms with Crippen LogP contribution in [-0.4, -0.2) is 38.6 Å². The van der Waals surface area contributed by atoms with Crippen molar-refractivity contribution in [3.8, 4) is 0 Å². The molecule has 0 aromatic carbocycles. The van der Waals surface area contributed by atoms with Crippen molar-refractivity contribution >= 4 is 0 Å². The zero-order valence-electron chi connectivity index (χ0n) is 20.8. The highest BCUT2D eigenvalue weighted by molar-refractivity contribution is 4.66. The Morgan fingerprint density at radius 1 is 0.419 bits per heavy atom. The summed E-state index contributed by atoms with van der Waals surface area (Å²) in [6.45, 7) is 3.98. The highest BCUT2D eigenvalue weighted by Gasteiger charge is 2.17. The van der Waals surface area contributed by atoms with Crippen LogP contribution in [0.5, 0.6) is 0 Å². The summed E-state index contributed by atoms with van der Waals surface area (Å²) < 4.78 is 16.8. The third-order valence-electron chi connectivity index (χ3n) is 7.22. The van der Waals surface area contributed by atoms with E-state index in [1.807, 2.05) is 0 Å². The number of ether oxygens (including phenoxy) is 3. The Bertz CT molecular complexity index is 331. The van der Waals surface area contributed by atoms with Crippen LogP contribution in [0, 0.1) is 0 Å². The van der Waals surface area contributed by atoms with Gasteiger partial charge in [-0.25, -0.2) is 0 Å². The quantitative estimate of drug-likeness (QED) is 0.142. The summed E-state index contributed by atoms with van der Waals surface area (Å²) in [7, 11) is 0. The summed E-state index contributed by atoms with van der Waals surface area (Å²) in [4.78, 5) is 0. The van der Waals surface area contributed by atoms with Gasteiger partial charge in [0.2, 0.25) is 0 Å². The molecule has 3 nitrogen and oxygen atoms in total. The molecule has 2 rings (SSSR count). The van der Waals surface area contributed by atoms with Crippen molar-refractivity contribution in [1.29, 1.82) is 0 Å². The molecule has 2 saturated heterocycles. The Hall–Kier alpha value is -0.120. The Morgan fingerprint density at radius 2 is 0.710 bits per heavy atom. The first-order valence-electron chi connectivity index (χ1n) is 14.3. The molecular weight excluding hydrogens is 384 g/mol. The van der Waals surface area contributed by atoms with Crippen LogP contribution in [0.2, 0.25) is 0 Å². The first-order chi connectivity index (χ1) is 15.4. The van der Waals surface area contributed by atoms with Gasteiger partial charge in [0, 0.05) is 26.4 Å². The van der Waals surface area contributed by atoms with Crippen molar-refractivity contribution in [2.45, 2.75) is 153 Å². The third-order valence-corrected chi connectivity index (χ3v) is 7.22. The summed E-state index contributed by atoms with van der Waals surface area (Å²) in [5.41, 5.74) is 0. The average molecular weight is 439 g/mol. The number of unbranched alkanes of at least 4 members (excludes halogenated alkanes) is 16. The van der Waals surface area contributed by atoms with Gasteiger partial charge in [-0.1, -0.05) is 103 Å². The molecule has 0 radical (unpaired) electrons. The molecule has 0 aromatic rings. The molecule has 0 bridgehead atoms. The van der Waals surface area contributed by atoms with Crippen LogP contribution < -0.4 is 0 Å². The normalized spacial score (nSPS) is 20.5. The van der Waals surface area contributed by atoms with Gasteiger partial charge in [-0.15, -0.1) is 0 Å². The van der Waals surface area contributed by atoms with E-state index in [2.05, 4.69) is 0 Å². The van der Waals surface area contributed by atoms with E-state index in [0.29, 0.717) is 12.2 Å². The lowest BCUT2D eigenvalue weighted by atomic mass is 10.0. The Balaban J connectivity index is 1.13. The predicted octanol–water partition coefficient (Wildman–Crippen LogP) is 8.38. The molecule has 2 aliphatic heterocycles. The fourth-order valence-corrected chi connectivity index (χ4v) is 4.75. The minimum Gasteiger partial charge on any atom is -0.381 e. The average Bonchev–Trinajstić information content (AvgIpc) is 2.71. The van der Waals surface area contributed by atoms with Crippen LogP contribution in [0.15, 0.2) is 0 Å². The van der Waals surface area contributed by atoms with E-state index in [1.165, 1.54) is 141 Å². The summed E-state index contributed by atoms with van der Waals surface area (Å²) in [6, 6.07) is 0. The summed E-state index contributed by atoms with van der Waals surface area (Å²) >= 11 is 0. The van der Waals surface area contributed by atoms with Crippen LogP contribution in [-0.2, 0) is 14.2 Å². The molecule has 0 amide bonds. The zero-order valence-corrected chi connectivity index (χ0v) is 20.8. The largest absolute Gasteiger partial charge is 0.381 e. The smallest absolute Gasteiger partial charge is 0.0597 e. The van der Waals surface area contributed by atoms with E-state index in [9.17, 15) is 0 Å². The van der Waals surface area contributed by atoms with Gasteiger partial charge in [0.15, 0.2) is 0 Å². The van der Waals surface area contributed by atoms with E-state index < -0.39 is 0 Å². The summed E-state index contributed by atoms with van der Waals surface area (Å²) in [5.74, 6) is 0. The maximum atomic E-state index is 5.82. The molecule has 184 valence electrons. The first-order valence-corrected chi connectivity index (χ1v) is 14.3. The number of hydrogen-bond acceptors (Lipinski definition) is 3. The van der Waals surface area contributed by atoms with Gasteiger partial charge in [0.25, 0.3) is 0 Å². The predicted molar refractivity (Wildman–Crippen MR) is 132 cm³/mol. The van der Waals surface area contributed by atoms with Crippen LogP contribution in [0.1, 0.15) is 141 Å². The lowest BCUT2D eigenvalue weighted by Gasteiger charge is -2.26. The van der Waals surface area contributed by atoms with Gasteiger partial charge in [-0.3, -0.25) is 0 Å². The summed E-state index contributed by atoms with van der Waals surface area (Å²) in [5, 5.41) is 0. The van der Waals surface area contributed by atoms with Gasteiger partial charge in [-0.05, 0) is 38.5 Å². The minimum absolute atomic E-state index is 0.615. The summed E-state index contributed by atoms with van der Waals surface area (Å²) in [6.07, 6.45) is 31.4. The van der Waals surface area contributed by atoms with Crippen LogP contribution in [0.25, 0.3) is 0 Å². The third kappa shape index (κ3) is 16.2.